The summed E-state index contributed by atoms with van der Waals surface area (Å²) in [4.78, 5) is 20.8. The van der Waals surface area contributed by atoms with Crippen molar-refractivity contribution in [3.8, 4) is 0 Å². The SMILES string of the molecule is O=C(O)CNC(=O)CNS(=O)(=O)c1ccc(Br)cc1F. The van der Waals surface area contributed by atoms with Crippen LogP contribution in [0.3, 0.4) is 0 Å². The number of hydrogen-bond acceptors (Lipinski definition) is 4. The Balaban J connectivity index is 2.71. The van der Waals surface area contributed by atoms with Gasteiger partial charge in [0.15, 0.2) is 0 Å². The fraction of sp³-hybridized carbons (Fsp3) is 0.200. The van der Waals surface area contributed by atoms with Crippen LogP contribution in [-0.2, 0) is 19.6 Å². The van der Waals surface area contributed by atoms with Gasteiger partial charge in [-0.25, -0.2) is 17.5 Å². The van der Waals surface area contributed by atoms with E-state index < -0.39 is 45.7 Å². The Bertz CT molecular complexity index is 635. The number of amides is 1. The molecule has 0 aromatic heterocycles. The molecule has 0 fully saturated rings. The maximum absolute atomic E-state index is 13.5. The lowest BCUT2D eigenvalue weighted by Gasteiger charge is -2.07. The third-order valence-corrected chi connectivity index (χ3v) is 3.97. The van der Waals surface area contributed by atoms with Crippen molar-refractivity contribution in [3.63, 3.8) is 0 Å². The van der Waals surface area contributed by atoms with E-state index in [2.05, 4.69) is 15.9 Å². The van der Waals surface area contributed by atoms with Gasteiger partial charge >= 0.3 is 5.97 Å². The van der Waals surface area contributed by atoms with Gasteiger partial charge in [0.1, 0.15) is 17.3 Å². The van der Waals surface area contributed by atoms with Gasteiger partial charge in [0.25, 0.3) is 0 Å². The Labute approximate surface area is 122 Å². The van der Waals surface area contributed by atoms with Crippen LogP contribution >= 0.6 is 15.9 Å². The first-order chi connectivity index (χ1) is 9.22. The van der Waals surface area contributed by atoms with E-state index in [0.717, 1.165) is 12.1 Å². The zero-order valence-electron chi connectivity index (χ0n) is 9.89. The predicted octanol–water partition coefficient (Wildman–Crippen LogP) is 0.0673. The molecule has 7 nitrogen and oxygen atoms in total. The van der Waals surface area contributed by atoms with Crippen LogP contribution in [-0.4, -0.2) is 38.5 Å². The Hall–Kier alpha value is -1.52. The standard InChI is InChI=1S/C10H10BrFN2O5S/c11-6-1-2-8(7(12)3-6)20(18,19)14-4-9(15)13-5-10(16)17/h1-3,14H,4-5H2,(H,13,15)(H,16,17). The minimum Gasteiger partial charge on any atom is -0.480 e. The summed E-state index contributed by atoms with van der Waals surface area (Å²) in [6, 6.07) is 3.35. The number of carbonyl (C=O) groups excluding carboxylic acids is 1. The van der Waals surface area contributed by atoms with E-state index in [1.807, 2.05) is 10.0 Å². The summed E-state index contributed by atoms with van der Waals surface area (Å²) in [7, 11) is -4.20. The quantitative estimate of drug-likeness (QED) is 0.657. The van der Waals surface area contributed by atoms with Gasteiger partial charge in [-0.2, -0.15) is 0 Å². The van der Waals surface area contributed by atoms with Crippen molar-refractivity contribution in [2.24, 2.45) is 0 Å². The Morgan fingerprint density at radius 1 is 1.30 bits per heavy atom. The predicted molar refractivity (Wildman–Crippen MR) is 69.9 cm³/mol. The Morgan fingerprint density at radius 3 is 2.50 bits per heavy atom. The number of benzene rings is 1. The average Bonchev–Trinajstić information content (AvgIpc) is 2.33. The van der Waals surface area contributed by atoms with Crippen LogP contribution in [0.5, 0.6) is 0 Å². The lowest BCUT2D eigenvalue weighted by Crippen LogP contribution is -2.39. The zero-order chi connectivity index (χ0) is 15.3. The van der Waals surface area contributed by atoms with Crippen LogP contribution in [0.25, 0.3) is 0 Å². The fourth-order valence-corrected chi connectivity index (χ4v) is 2.54. The zero-order valence-corrected chi connectivity index (χ0v) is 12.3. The molecule has 20 heavy (non-hydrogen) atoms. The monoisotopic (exact) mass is 368 g/mol. The molecule has 1 amide bonds. The van der Waals surface area contributed by atoms with Crippen molar-refractivity contribution in [2.45, 2.75) is 4.90 Å². The van der Waals surface area contributed by atoms with Crippen molar-refractivity contribution in [1.29, 1.82) is 0 Å². The molecule has 0 atom stereocenters. The van der Waals surface area contributed by atoms with Crippen molar-refractivity contribution in [3.05, 3.63) is 28.5 Å². The minimum absolute atomic E-state index is 0.369. The van der Waals surface area contributed by atoms with Crippen molar-refractivity contribution >= 4 is 37.8 Å². The summed E-state index contributed by atoms with van der Waals surface area (Å²) < 4.78 is 39.2. The summed E-state index contributed by atoms with van der Waals surface area (Å²) >= 11 is 2.98. The molecule has 10 heteroatoms. The number of nitrogens with one attached hydrogen (secondary N) is 2. The van der Waals surface area contributed by atoms with E-state index in [1.54, 1.807) is 0 Å². The lowest BCUT2D eigenvalue weighted by molar-refractivity contribution is -0.137. The first-order valence-electron chi connectivity index (χ1n) is 5.15. The summed E-state index contributed by atoms with van der Waals surface area (Å²) in [6.45, 7) is -1.32. The van der Waals surface area contributed by atoms with Crippen LogP contribution in [0.4, 0.5) is 4.39 Å². The molecule has 1 rings (SSSR count). The van der Waals surface area contributed by atoms with Gasteiger partial charge in [-0.05, 0) is 18.2 Å². The highest BCUT2D eigenvalue weighted by Gasteiger charge is 2.20. The largest absolute Gasteiger partial charge is 0.480 e. The van der Waals surface area contributed by atoms with E-state index >= 15 is 0 Å². The summed E-state index contributed by atoms with van der Waals surface area (Å²) in [5.74, 6) is -3.08. The van der Waals surface area contributed by atoms with Gasteiger partial charge in [0, 0.05) is 4.47 Å². The number of rotatable bonds is 6. The second-order valence-electron chi connectivity index (χ2n) is 3.57. The first-order valence-corrected chi connectivity index (χ1v) is 7.43. The van der Waals surface area contributed by atoms with Crippen molar-refractivity contribution in [1.82, 2.24) is 10.0 Å². The highest BCUT2D eigenvalue weighted by molar-refractivity contribution is 9.10. The number of sulfonamides is 1. The third kappa shape index (κ3) is 4.87. The van der Waals surface area contributed by atoms with Gasteiger partial charge in [-0.15, -0.1) is 0 Å². The molecule has 0 bridgehead atoms. The number of carboxylic acid groups (broad SMARTS) is 1. The third-order valence-electron chi connectivity index (χ3n) is 2.04. The number of hydrogen-bond donors (Lipinski definition) is 3. The Kier molecular flexibility index (Phi) is 5.60. The normalized spacial score (nSPS) is 11.1. The molecule has 1 aromatic carbocycles. The maximum Gasteiger partial charge on any atom is 0.322 e. The highest BCUT2D eigenvalue weighted by atomic mass is 79.9. The van der Waals surface area contributed by atoms with Crippen molar-refractivity contribution in [2.75, 3.05) is 13.1 Å². The van der Waals surface area contributed by atoms with Gasteiger partial charge in [0.05, 0.1) is 6.54 Å². The van der Waals surface area contributed by atoms with E-state index in [-0.39, 0.29) is 0 Å². The molecule has 0 heterocycles. The molecule has 110 valence electrons. The number of carboxylic acids is 1. The smallest absolute Gasteiger partial charge is 0.322 e. The Morgan fingerprint density at radius 2 is 1.95 bits per heavy atom. The van der Waals surface area contributed by atoms with E-state index in [4.69, 9.17) is 5.11 Å². The van der Waals surface area contributed by atoms with Crippen LogP contribution in [0.2, 0.25) is 0 Å². The average molecular weight is 369 g/mol. The van der Waals surface area contributed by atoms with E-state index in [1.165, 1.54) is 6.07 Å². The van der Waals surface area contributed by atoms with Gasteiger partial charge < -0.3 is 10.4 Å². The molecule has 3 N–H and O–H groups in total. The second-order valence-corrected chi connectivity index (χ2v) is 6.22. The van der Waals surface area contributed by atoms with Crippen LogP contribution in [0.1, 0.15) is 0 Å². The minimum atomic E-state index is -4.20. The molecular formula is C10H10BrFN2O5S. The molecule has 0 aliphatic heterocycles. The maximum atomic E-state index is 13.5. The van der Waals surface area contributed by atoms with E-state index in [9.17, 15) is 22.4 Å². The summed E-state index contributed by atoms with van der Waals surface area (Å²) in [5, 5.41) is 10.3. The molecule has 0 aliphatic carbocycles. The van der Waals surface area contributed by atoms with Gasteiger partial charge in [-0.1, -0.05) is 15.9 Å². The highest BCUT2D eigenvalue weighted by Crippen LogP contribution is 2.18. The molecule has 0 unspecified atom stereocenters. The fourth-order valence-electron chi connectivity index (χ4n) is 1.17. The molecular weight excluding hydrogens is 359 g/mol. The molecule has 0 spiro atoms. The molecule has 0 saturated carbocycles. The van der Waals surface area contributed by atoms with Crippen LogP contribution in [0, 0.1) is 5.82 Å². The van der Waals surface area contributed by atoms with Crippen LogP contribution in [0.15, 0.2) is 27.6 Å². The lowest BCUT2D eigenvalue weighted by atomic mass is 10.3. The van der Waals surface area contributed by atoms with Crippen molar-refractivity contribution < 1.29 is 27.5 Å². The van der Waals surface area contributed by atoms with Crippen LogP contribution < -0.4 is 10.0 Å². The molecule has 1 aromatic rings. The first kappa shape index (κ1) is 16.5. The van der Waals surface area contributed by atoms with Gasteiger partial charge in [-0.3, -0.25) is 9.59 Å². The van der Waals surface area contributed by atoms with Gasteiger partial charge in [0.2, 0.25) is 15.9 Å². The summed E-state index contributed by atoms with van der Waals surface area (Å²) in [5.41, 5.74) is 0. The number of carbonyl (C=O) groups is 2. The number of halogens is 2. The topological polar surface area (TPSA) is 113 Å². The molecule has 0 saturated heterocycles. The second kappa shape index (κ2) is 6.77. The number of aliphatic carboxylic acids is 1. The van der Waals surface area contributed by atoms with E-state index in [0.29, 0.717) is 4.47 Å². The summed E-state index contributed by atoms with van der Waals surface area (Å²) in [6.07, 6.45) is 0. The molecule has 0 aliphatic rings. The molecule has 0 radical (unpaired) electrons.